The van der Waals surface area contributed by atoms with Gasteiger partial charge in [-0.3, -0.25) is 20.4 Å². The first-order valence-corrected chi connectivity index (χ1v) is 6.77. The van der Waals surface area contributed by atoms with E-state index in [1.54, 1.807) is 0 Å². The molecule has 2 N–H and O–H groups in total. The highest BCUT2D eigenvalue weighted by Crippen LogP contribution is 2.17. The van der Waals surface area contributed by atoms with Crippen molar-refractivity contribution in [2.75, 3.05) is 6.61 Å². The number of benzene rings is 1. The van der Waals surface area contributed by atoms with Gasteiger partial charge in [0.25, 0.3) is 11.8 Å². The van der Waals surface area contributed by atoms with Crippen LogP contribution in [0.4, 0.5) is 17.6 Å². The number of nitrogens with zero attached hydrogens (tertiary/aromatic N) is 1. The van der Waals surface area contributed by atoms with E-state index in [1.807, 2.05) is 10.9 Å². The van der Waals surface area contributed by atoms with Crippen LogP contribution in [-0.4, -0.2) is 29.6 Å². The zero-order valence-corrected chi connectivity index (χ0v) is 12.4. The molecule has 2 rings (SSSR count). The van der Waals surface area contributed by atoms with Crippen LogP contribution in [-0.2, 0) is 0 Å². The lowest BCUT2D eigenvalue weighted by Gasteiger charge is -2.09. The zero-order valence-electron chi connectivity index (χ0n) is 12.4. The Morgan fingerprint density at radius 3 is 2.32 bits per heavy atom. The van der Waals surface area contributed by atoms with Crippen molar-refractivity contribution in [2.24, 2.45) is 0 Å². The summed E-state index contributed by atoms with van der Waals surface area (Å²) in [6.07, 6.45) is -3.54. The fourth-order valence-corrected chi connectivity index (χ4v) is 1.65. The fraction of sp³-hybridized carbons (Fsp3) is 0.133. The maximum Gasteiger partial charge on any atom is 0.422 e. The molecule has 0 saturated heterocycles. The standard InChI is InChI=1S/C15H11F4N3O3/c16-11-4-2-1-3-10(11)14(24)22-21-13(23)9-5-6-12(20-7-9)25-8-15(17,18)19/h1-7H,8H2,(H,21,23)(H,22,24). The van der Waals surface area contributed by atoms with Gasteiger partial charge in [-0.1, -0.05) is 12.1 Å². The van der Waals surface area contributed by atoms with Crippen LogP contribution in [0.1, 0.15) is 20.7 Å². The Bertz CT molecular complexity index is 763. The zero-order chi connectivity index (χ0) is 18.4. The number of hydrogen-bond donors (Lipinski definition) is 2. The third-order valence-electron chi connectivity index (χ3n) is 2.79. The van der Waals surface area contributed by atoms with Crippen LogP contribution in [0.2, 0.25) is 0 Å². The predicted octanol–water partition coefficient (Wildman–Crippen LogP) is 2.24. The minimum absolute atomic E-state index is 0.0480. The second-order valence-corrected chi connectivity index (χ2v) is 4.68. The average molecular weight is 357 g/mol. The van der Waals surface area contributed by atoms with Gasteiger partial charge in [-0.05, 0) is 18.2 Å². The molecule has 6 nitrogen and oxygen atoms in total. The van der Waals surface area contributed by atoms with E-state index in [4.69, 9.17) is 0 Å². The minimum Gasteiger partial charge on any atom is -0.468 e. The molecule has 0 unspecified atom stereocenters. The molecule has 2 amide bonds. The molecular formula is C15H11F4N3O3. The highest BCUT2D eigenvalue weighted by Gasteiger charge is 2.28. The van der Waals surface area contributed by atoms with Gasteiger partial charge in [-0.15, -0.1) is 0 Å². The van der Waals surface area contributed by atoms with Gasteiger partial charge in [0.1, 0.15) is 5.82 Å². The van der Waals surface area contributed by atoms with Gasteiger partial charge < -0.3 is 4.74 Å². The Hall–Kier alpha value is -3.17. The number of hydrogen-bond acceptors (Lipinski definition) is 4. The largest absolute Gasteiger partial charge is 0.468 e. The molecule has 0 aliphatic rings. The molecule has 25 heavy (non-hydrogen) atoms. The monoisotopic (exact) mass is 357 g/mol. The smallest absolute Gasteiger partial charge is 0.422 e. The molecule has 0 aliphatic heterocycles. The number of amides is 2. The fourth-order valence-electron chi connectivity index (χ4n) is 1.65. The molecule has 132 valence electrons. The van der Waals surface area contributed by atoms with Gasteiger partial charge in [0.15, 0.2) is 6.61 Å². The quantitative estimate of drug-likeness (QED) is 0.650. The summed E-state index contributed by atoms with van der Waals surface area (Å²) in [7, 11) is 0. The molecule has 0 bridgehead atoms. The first-order valence-electron chi connectivity index (χ1n) is 6.77. The summed E-state index contributed by atoms with van der Waals surface area (Å²) in [4.78, 5) is 27.1. The van der Waals surface area contributed by atoms with Crippen molar-refractivity contribution in [1.29, 1.82) is 0 Å². The van der Waals surface area contributed by atoms with Crippen molar-refractivity contribution < 1.29 is 31.9 Å². The number of carbonyl (C=O) groups is 2. The van der Waals surface area contributed by atoms with Gasteiger partial charge in [-0.2, -0.15) is 13.2 Å². The number of nitrogens with one attached hydrogen (secondary N) is 2. The lowest BCUT2D eigenvalue weighted by atomic mass is 10.2. The molecule has 0 spiro atoms. The topological polar surface area (TPSA) is 80.3 Å². The number of hydrazine groups is 1. The van der Waals surface area contributed by atoms with E-state index in [9.17, 15) is 27.2 Å². The molecule has 2 aromatic rings. The summed E-state index contributed by atoms with van der Waals surface area (Å²) in [5.74, 6) is -2.74. The Labute approximate surface area is 138 Å². The summed E-state index contributed by atoms with van der Waals surface area (Å²) in [6, 6.07) is 7.39. The molecule has 0 atom stereocenters. The Kier molecular flexibility index (Phi) is 5.52. The summed E-state index contributed by atoms with van der Waals surface area (Å²) in [5.41, 5.74) is 3.73. The van der Waals surface area contributed by atoms with E-state index >= 15 is 0 Å². The van der Waals surface area contributed by atoms with Crippen LogP contribution in [0.3, 0.4) is 0 Å². The first-order chi connectivity index (χ1) is 11.8. The normalized spacial score (nSPS) is 10.9. The molecule has 10 heteroatoms. The summed E-state index contributed by atoms with van der Waals surface area (Å²) in [6.45, 7) is -1.51. The molecule has 1 aromatic carbocycles. The van der Waals surface area contributed by atoms with E-state index in [-0.39, 0.29) is 17.0 Å². The van der Waals surface area contributed by atoms with Gasteiger partial charge >= 0.3 is 6.18 Å². The summed E-state index contributed by atoms with van der Waals surface area (Å²) >= 11 is 0. The third-order valence-corrected chi connectivity index (χ3v) is 2.79. The molecule has 0 aliphatic carbocycles. The Morgan fingerprint density at radius 2 is 1.72 bits per heavy atom. The van der Waals surface area contributed by atoms with Gasteiger partial charge in [-0.25, -0.2) is 9.37 Å². The number of carbonyl (C=O) groups excluding carboxylic acids is 2. The van der Waals surface area contributed by atoms with Crippen molar-refractivity contribution in [1.82, 2.24) is 15.8 Å². The summed E-state index contributed by atoms with van der Waals surface area (Å²) < 4.78 is 53.8. The van der Waals surface area contributed by atoms with E-state index < -0.39 is 30.4 Å². The van der Waals surface area contributed by atoms with Gasteiger partial charge in [0.05, 0.1) is 11.1 Å². The van der Waals surface area contributed by atoms with Crippen LogP contribution in [0.15, 0.2) is 42.6 Å². The number of pyridine rings is 1. The molecule has 0 saturated carbocycles. The van der Waals surface area contributed by atoms with Crippen LogP contribution in [0.25, 0.3) is 0 Å². The van der Waals surface area contributed by atoms with E-state index in [1.165, 1.54) is 18.2 Å². The van der Waals surface area contributed by atoms with Crippen molar-refractivity contribution >= 4 is 11.8 Å². The second-order valence-electron chi connectivity index (χ2n) is 4.68. The maximum atomic E-state index is 13.4. The second kappa shape index (κ2) is 7.60. The van der Waals surface area contributed by atoms with Crippen LogP contribution >= 0.6 is 0 Å². The number of ether oxygens (including phenoxy) is 1. The van der Waals surface area contributed by atoms with Crippen LogP contribution < -0.4 is 15.6 Å². The minimum atomic E-state index is -4.51. The van der Waals surface area contributed by atoms with E-state index in [0.29, 0.717) is 0 Å². The third kappa shape index (κ3) is 5.44. The molecule has 0 radical (unpaired) electrons. The van der Waals surface area contributed by atoms with Gasteiger partial charge in [0, 0.05) is 12.3 Å². The first kappa shape index (κ1) is 18.2. The highest BCUT2D eigenvalue weighted by molar-refractivity contribution is 5.99. The van der Waals surface area contributed by atoms with E-state index in [0.717, 1.165) is 24.4 Å². The average Bonchev–Trinajstić information content (AvgIpc) is 2.58. The number of halogens is 4. The summed E-state index contributed by atoms with van der Waals surface area (Å²) in [5, 5.41) is 0. The lowest BCUT2D eigenvalue weighted by Crippen LogP contribution is -2.42. The van der Waals surface area contributed by atoms with Crippen molar-refractivity contribution in [3.8, 4) is 5.88 Å². The van der Waals surface area contributed by atoms with Crippen molar-refractivity contribution in [3.05, 3.63) is 59.5 Å². The molecular weight excluding hydrogens is 346 g/mol. The Morgan fingerprint density at radius 1 is 1.04 bits per heavy atom. The van der Waals surface area contributed by atoms with Crippen LogP contribution in [0.5, 0.6) is 5.88 Å². The van der Waals surface area contributed by atoms with E-state index in [2.05, 4.69) is 9.72 Å². The predicted molar refractivity (Wildman–Crippen MR) is 77.1 cm³/mol. The Balaban J connectivity index is 1.90. The number of alkyl halides is 3. The molecule has 1 aromatic heterocycles. The van der Waals surface area contributed by atoms with Crippen LogP contribution in [0, 0.1) is 5.82 Å². The molecule has 1 heterocycles. The van der Waals surface area contributed by atoms with Crippen molar-refractivity contribution in [3.63, 3.8) is 0 Å². The van der Waals surface area contributed by atoms with Crippen molar-refractivity contribution in [2.45, 2.75) is 6.18 Å². The molecule has 0 fully saturated rings. The number of rotatable bonds is 4. The van der Waals surface area contributed by atoms with Gasteiger partial charge in [0.2, 0.25) is 5.88 Å². The lowest BCUT2D eigenvalue weighted by molar-refractivity contribution is -0.154. The maximum absolute atomic E-state index is 13.4. The highest BCUT2D eigenvalue weighted by atomic mass is 19.4. The SMILES string of the molecule is O=C(NNC(=O)c1ccccc1F)c1ccc(OCC(F)(F)F)nc1. The number of aromatic nitrogens is 1.